The summed E-state index contributed by atoms with van der Waals surface area (Å²) in [4.78, 5) is 19.7. The lowest BCUT2D eigenvalue weighted by atomic mass is 9.98. The monoisotopic (exact) mass is 501 g/mol. The first-order valence-electron chi connectivity index (χ1n) is 11.4. The molecule has 11 heteroatoms. The van der Waals surface area contributed by atoms with E-state index < -0.39 is 21.7 Å². The van der Waals surface area contributed by atoms with Crippen molar-refractivity contribution in [1.29, 1.82) is 0 Å². The topological polar surface area (TPSA) is 117 Å². The fourth-order valence-corrected chi connectivity index (χ4v) is 4.80. The number of aromatic amines is 1. The van der Waals surface area contributed by atoms with E-state index in [-0.39, 0.29) is 16.7 Å². The van der Waals surface area contributed by atoms with Crippen LogP contribution in [-0.4, -0.2) is 48.7 Å². The van der Waals surface area contributed by atoms with Gasteiger partial charge in [0.2, 0.25) is 0 Å². The summed E-state index contributed by atoms with van der Waals surface area (Å²) in [6, 6.07) is 8.68. The summed E-state index contributed by atoms with van der Waals surface area (Å²) in [7, 11) is -4.16. The maximum atomic E-state index is 14.3. The number of H-pyrrole nitrogens is 1. The Kier molecular flexibility index (Phi) is 7.06. The number of hydrogen-bond donors (Lipinski definition) is 2. The molecule has 0 atom stereocenters. The van der Waals surface area contributed by atoms with Crippen molar-refractivity contribution in [3.63, 3.8) is 0 Å². The molecule has 0 unspecified atom stereocenters. The van der Waals surface area contributed by atoms with Gasteiger partial charge in [0.25, 0.3) is 15.9 Å². The number of rotatable bonds is 7. The van der Waals surface area contributed by atoms with Crippen molar-refractivity contribution in [2.75, 3.05) is 18.0 Å². The Morgan fingerprint density at radius 1 is 1.20 bits per heavy atom. The first-order chi connectivity index (χ1) is 16.6. The summed E-state index contributed by atoms with van der Waals surface area (Å²) < 4.78 is 47.2. The molecule has 1 aromatic carbocycles. The number of carbonyl (C=O) groups excluding carboxylic acids is 1. The maximum absolute atomic E-state index is 14.3. The Balaban J connectivity index is 1.72. The van der Waals surface area contributed by atoms with Gasteiger partial charge in [-0.1, -0.05) is 6.92 Å². The smallest absolute Gasteiger partial charge is 0.283 e. The molecule has 1 amide bonds. The van der Waals surface area contributed by atoms with Gasteiger partial charge in [-0.3, -0.25) is 9.89 Å². The molecule has 1 aliphatic rings. The number of amides is 1. The van der Waals surface area contributed by atoms with Gasteiger partial charge in [-0.2, -0.15) is 13.5 Å². The zero-order valence-corrected chi connectivity index (χ0v) is 20.6. The number of piperidine rings is 1. The quantitative estimate of drug-likeness (QED) is 0.506. The molecule has 0 bridgehead atoms. The average molecular weight is 502 g/mol. The number of halogens is 1. The van der Waals surface area contributed by atoms with Gasteiger partial charge < -0.3 is 9.64 Å². The number of sulfonamides is 1. The van der Waals surface area contributed by atoms with Gasteiger partial charge in [0, 0.05) is 30.9 Å². The van der Waals surface area contributed by atoms with E-state index in [0.29, 0.717) is 41.8 Å². The van der Waals surface area contributed by atoms with Crippen molar-refractivity contribution in [2.45, 2.75) is 44.7 Å². The predicted octanol–water partition coefficient (Wildman–Crippen LogP) is 3.75. The number of pyridine rings is 1. The largest absolute Gasteiger partial charge is 0.491 e. The second-order valence-corrected chi connectivity index (χ2v) is 10.6. The molecule has 3 aromatic rings. The van der Waals surface area contributed by atoms with Gasteiger partial charge in [-0.25, -0.2) is 14.1 Å². The third-order valence-corrected chi connectivity index (χ3v) is 6.95. The predicted molar refractivity (Wildman–Crippen MR) is 129 cm³/mol. The van der Waals surface area contributed by atoms with Crippen LogP contribution in [0.2, 0.25) is 0 Å². The molecule has 3 heterocycles. The minimum atomic E-state index is -4.16. The van der Waals surface area contributed by atoms with Crippen LogP contribution in [0.15, 0.2) is 47.6 Å². The standard InChI is InChI=1S/C24H28FN5O4S/c1-15(2)34-19-13-17(12-18(25)14-19)21-5-4-20(23(27-21)30-10-7-16(3)8-11-30)24(31)29-35(32,33)22-6-9-26-28-22/h4-6,9,12-16H,7-8,10-11H2,1-3H3,(H,26,28)(H,29,31). The van der Waals surface area contributed by atoms with Crippen LogP contribution in [0, 0.1) is 11.7 Å². The van der Waals surface area contributed by atoms with E-state index in [0.717, 1.165) is 12.8 Å². The molecule has 0 radical (unpaired) electrons. The second kappa shape index (κ2) is 10.0. The van der Waals surface area contributed by atoms with Crippen molar-refractivity contribution in [1.82, 2.24) is 19.9 Å². The molecular weight excluding hydrogens is 473 g/mol. The molecular formula is C24H28FN5O4S. The summed E-state index contributed by atoms with van der Waals surface area (Å²) in [6.07, 6.45) is 3.04. The van der Waals surface area contributed by atoms with E-state index in [2.05, 4.69) is 21.8 Å². The minimum Gasteiger partial charge on any atom is -0.491 e. The lowest BCUT2D eigenvalue weighted by molar-refractivity contribution is 0.0981. The van der Waals surface area contributed by atoms with Gasteiger partial charge in [-0.05, 0) is 62.9 Å². The highest BCUT2D eigenvalue weighted by Gasteiger charge is 2.27. The van der Waals surface area contributed by atoms with Crippen LogP contribution in [0.3, 0.4) is 0 Å². The van der Waals surface area contributed by atoms with E-state index in [1.165, 1.54) is 30.5 Å². The second-order valence-electron chi connectivity index (χ2n) is 8.93. The molecule has 0 aliphatic carbocycles. The SMILES string of the molecule is CC1CCN(c2nc(-c3cc(F)cc(OC(C)C)c3)ccc2C(=O)NS(=O)(=O)c2cc[nH]n2)CC1. The van der Waals surface area contributed by atoms with Crippen molar-refractivity contribution in [2.24, 2.45) is 5.92 Å². The fraction of sp³-hybridized carbons (Fsp3) is 0.375. The van der Waals surface area contributed by atoms with Crippen molar-refractivity contribution in [3.8, 4) is 17.0 Å². The highest BCUT2D eigenvalue weighted by molar-refractivity contribution is 7.90. The number of anilines is 1. The van der Waals surface area contributed by atoms with Crippen molar-refractivity contribution < 1.29 is 22.3 Å². The molecule has 2 aromatic heterocycles. The zero-order chi connectivity index (χ0) is 25.2. The zero-order valence-electron chi connectivity index (χ0n) is 19.8. The van der Waals surface area contributed by atoms with Crippen LogP contribution in [-0.2, 0) is 10.0 Å². The van der Waals surface area contributed by atoms with Gasteiger partial charge in [0.05, 0.1) is 17.4 Å². The third-order valence-electron chi connectivity index (χ3n) is 5.72. The highest BCUT2D eigenvalue weighted by atomic mass is 32.2. The van der Waals surface area contributed by atoms with Gasteiger partial charge in [-0.15, -0.1) is 0 Å². The summed E-state index contributed by atoms with van der Waals surface area (Å²) in [6.45, 7) is 7.18. The Hall–Kier alpha value is -3.47. The molecule has 1 fully saturated rings. The van der Waals surface area contributed by atoms with E-state index in [1.54, 1.807) is 12.1 Å². The van der Waals surface area contributed by atoms with Crippen LogP contribution in [0.25, 0.3) is 11.3 Å². The van der Waals surface area contributed by atoms with Crippen LogP contribution in [0.1, 0.15) is 44.0 Å². The Morgan fingerprint density at radius 2 is 1.94 bits per heavy atom. The summed E-state index contributed by atoms with van der Waals surface area (Å²) >= 11 is 0. The van der Waals surface area contributed by atoms with Gasteiger partial charge in [0.1, 0.15) is 17.4 Å². The number of hydrogen-bond acceptors (Lipinski definition) is 7. The lowest BCUT2D eigenvalue weighted by Crippen LogP contribution is -2.37. The molecule has 1 saturated heterocycles. The van der Waals surface area contributed by atoms with Crippen LogP contribution in [0.4, 0.5) is 10.2 Å². The number of nitrogens with zero attached hydrogens (tertiary/aromatic N) is 3. The number of benzene rings is 1. The molecule has 35 heavy (non-hydrogen) atoms. The van der Waals surface area contributed by atoms with Gasteiger partial charge >= 0.3 is 0 Å². The first-order valence-corrected chi connectivity index (χ1v) is 12.9. The molecule has 0 saturated carbocycles. The molecule has 1 aliphatic heterocycles. The number of nitrogens with one attached hydrogen (secondary N) is 2. The maximum Gasteiger partial charge on any atom is 0.283 e. The molecule has 0 spiro atoms. The first kappa shape index (κ1) is 24.6. The molecule has 4 rings (SSSR count). The highest BCUT2D eigenvalue weighted by Crippen LogP contribution is 2.30. The minimum absolute atomic E-state index is 0.109. The number of ether oxygens (including phenoxy) is 1. The van der Waals surface area contributed by atoms with Crippen molar-refractivity contribution >= 4 is 21.7 Å². The Bertz CT molecular complexity index is 1300. The summed E-state index contributed by atoms with van der Waals surface area (Å²) in [5.41, 5.74) is 1.04. The molecule has 186 valence electrons. The Morgan fingerprint density at radius 3 is 2.60 bits per heavy atom. The fourth-order valence-electron chi connectivity index (χ4n) is 3.92. The average Bonchev–Trinajstić information content (AvgIpc) is 3.34. The summed E-state index contributed by atoms with van der Waals surface area (Å²) in [5.74, 6) is -0.0357. The molecule has 9 nitrogen and oxygen atoms in total. The van der Waals surface area contributed by atoms with Crippen LogP contribution >= 0.6 is 0 Å². The van der Waals surface area contributed by atoms with E-state index in [1.807, 2.05) is 18.7 Å². The van der Waals surface area contributed by atoms with E-state index in [4.69, 9.17) is 9.72 Å². The van der Waals surface area contributed by atoms with Crippen LogP contribution in [0.5, 0.6) is 5.75 Å². The van der Waals surface area contributed by atoms with Crippen molar-refractivity contribution in [3.05, 3.63) is 54.0 Å². The number of carbonyl (C=O) groups is 1. The summed E-state index contributed by atoms with van der Waals surface area (Å²) in [5, 5.41) is 5.77. The lowest BCUT2D eigenvalue weighted by Gasteiger charge is -2.32. The van der Waals surface area contributed by atoms with Gasteiger partial charge in [0.15, 0.2) is 5.03 Å². The Labute approximate surface area is 203 Å². The molecule has 2 N–H and O–H groups in total. The normalized spacial score (nSPS) is 14.8. The number of aromatic nitrogens is 3. The van der Waals surface area contributed by atoms with E-state index in [9.17, 15) is 17.6 Å². The van der Waals surface area contributed by atoms with E-state index >= 15 is 0 Å². The third kappa shape index (κ3) is 5.79. The van der Waals surface area contributed by atoms with Crippen LogP contribution < -0.4 is 14.4 Å².